The Kier molecular flexibility index (Phi) is 3.17. The van der Waals surface area contributed by atoms with Crippen molar-refractivity contribution in [1.29, 1.82) is 0 Å². The lowest BCUT2D eigenvalue weighted by Gasteiger charge is -2.08. The Morgan fingerprint density at radius 2 is 1.95 bits per heavy atom. The van der Waals surface area contributed by atoms with E-state index in [4.69, 9.17) is 4.74 Å². The van der Waals surface area contributed by atoms with Crippen LogP contribution in [-0.4, -0.2) is 26.9 Å². The van der Waals surface area contributed by atoms with Gasteiger partial charge >= 0.3 is 0 Å². The number of aromatic nitrogens is 2. The lowest BCUT2D eigenvalue weighted by atomic mass is 10.2. The van der Waals surface area contributed by atoms with Crippen molar-refractivity contribution in [3.05, 3.63) is 36.4 Å². The SMILES string of the molecule is CCn1c(-c2ccc(O)cc2O)nc2cc(OC)ccc21. The minimum Gasteiger partial charge on any atom is -0.508 e. The molecule has 5 nitrogen and oxygen atoms in total. The molecule has 21 heavy (non-hydrogen) atoms. The Hall–Kier alpha value is -2.69. The predicted octanol–water partition coefficient (Wildman–Crippen LogP) is 3.14. The zero-order valence-corrected chi connectivity index (χ0v) is 11.9. The maximum atomic E-state index is 10.1. The van der Waals surface area contributed by atoms with Crippen LogP contribution in [-0.2, 0) is 6.54 Å². The van der Waals surface area contributed by atoms with Crippen LogP contribution in [0.5, 0.6) is 17.2 Å². The van der Waals surface area contributed by atoms with Crippen molar-refractivity contribution in [3.8, 4) is 28.6 Å². The summed E-state index contributed by atoms with van der Waals surface area (Å²) in [5.41, 5.74) is 2.37. The molecule has 0 unspecified atom stereocenters. The van der Waals surface area contributed by atoms with Crippen molar-refractivity contribution in [1.82, 2.24) is 9.55 Å². The molecule has 0 bridgehead atoms. The Morgan fingerprint density at radius 1 is 1.14 bits per heavy atom. The minimum atomic E-state index is 0.00645. The zero-order chi connectivity index (χ0) is 15.0. The largest absolute Gasteiger partial charge is 0.508 e. The van der Waals surface area contributed by atoms with Gasteiger partial charge in [0.25, 0.3) is 0 Å². The van der Waals surface area contributed by atoms with Gasteiger partial charge in [-0.3, -0.25) is 0 Å². The summed E-state index contributed by atoms with van der Waals surface area (Å²) in [6.45, 7) is 2.74. The van der Waals surface area contributed by atoms with Crippen LogP contribution in [0, 0.1) is 0 Å². The summed E-state index contributed by atoms with van der Waals surface area (Å²) in [5.74, 6) is 1.44. The molecule has 2 aromatic carbocycles. The fourth-order valence-electron chi connectivity index (χ4n) is 2.47. The number of phenolic OH excluding ortho intramolecular Hbond substituents is 2. The number of fused-ring (bicyclic) bond motifs is 1. The van der Waals surface area contributed by atoms with Crippen LogP contribution in [0.3, 0.4) is 0 Å². The average molecular weight is 284 g/mol. The van der Waals surface area contributed by atoms with Crippen molar-refractivity contribution in [2.45, 2.75) is 13.5 Å². The van der Waals surface area contributed by atoms with E-state index in [0.717, 1.165) is 23.3 Å². The molecule has 3 aromatic rings. The van der Waals surface area contributed by atoms with Crippen LogP contribution in [0.4, 0.5) is 0 Å². The van der Waals surface area contributed by atoms with Crippen LogP contribution in [0.1, 0.15) is 6.92 Å². The third-order valence-corrected chi connectivity index (χ3v) is 3.49. The molecule has 0 atom stereocenters. The lowest BCUT2D eigenvalue weighted by molar-refractivity contribution is 0.415. The number of phenols is 2. The molecule has 1 heterocycles. The van der Waals surface area contributed by atoms with Gasteiger partial charge in [0.05, 0.1) is 23.7 Å². The average Bonchev–Trinajstić information content (AvgIpc) is 2.84. The van der Waals surface area contributed by atoms with Gasteiger partial charge in [0.15, 0.2) is 0 Å². The molecule has 0 aliphatic carbocycles. The van der Waals surface area contributed by atoms with Crippen molar-refractivity contribution < 1.29 is 14.9 Å². The number of hydrogen-bond acceptors (Lipinski definition) is 4. The van der Waals surface area contributed by atoms with Crippen LogP contribution < -0.4 is 4.74 Å². The molecule has 1 aromatic heterocycles. The molecule has 0 radical (unpaired) electrons. The van der Waals surface area contributed by atoms with Gasteiger partial charge in [-0.05, 0) is 31.2 Å². The molecule has 108 valence electrons. The zero-order valence-electron chi connectivity index (χ0n) is 11.9. The minimum absolute atomic E-state index is 0.00645. The number of hydrogen-bond donors (Lipinski definition) is 2. The van der Waals surface area contributed by atoms with Crippen molar-refractivity contribution >= 4 is 11.0 Å². The normalized spacial score (nSPS) is 11.0. The maximum absolute atomic E-state index is 10.1. The molecule has 0 saturated carbocycles. The summed E-state index contributed by atoms with van der Waals surface area (Å²) in [7, 11) is 1.62. The Bertz CT molecular complexity index is 809. The molecular weight excluding hydrogens is 268 g/mol. The number of rotatable bonds is 3. The smallest absolute Gasteiger partial charge is 0.144 e. The second kappa shape index (κ2) is 5.01. The third kappa shape index (κ3) is 2.16. The van der Waals surface area contributed by atoms with Crippen molar-refractivity contribution in [3.63, 3.8) is 0 Å². The van der Waals surface area contributed by atoms with Crippen LogP contribution >= 0.6 is 0 Å². The van der Waals surface area contributed by atoms with Crippen LogP contribution in [0.25, 0.3) is 22.4 Å². The highest BCUT2D eigenvalue weighted by atomic mass is 16.5. The predicted molar refractivity (Wildman–Crippen MR) is 80.7 cm³/mol. The summed E-state index contributed by atoms with van der Waals surface area (Å²) >= 11 is 0. The van der Waals surface area contributed by atoms with Crippen molar-refractivity contribution in [2.75, 3.05) is 7.11 Å². The summed E-state index contributed by atoms with van der Waals surface area (Å²) in [5, 5.41) is 19.5. The summed E-state index contributed by atoms with van der Waals surface area (Å²) in [4.78, 5) is 4.59. The van der Waals surface area contributed by atoms with E-state index in [9.17, 15) is 10.2 Å². The highest BCUT2D eigenvalue weighted by Crippen LogP contribution is 2.34. The van der Waals surface area contributed by atoms with Crippen LogP contribution in [0.15, 0.2) is 36.4 Å². The number of imidazole rings is 1. The van der Waals surface area contributed by atoms with Gasteiger partial charge in [-0.2, -0.15) is 0 Å². The molecule has 0 saturated heterocycles. The standard InChI is InChI=1S/C16H16N2O3/c1-3-18-14-7-5-11(21-2)9-13(14)17-16(18)12-6-4-10(19)8-15(12)20/h4-9,19-20H,3H2,1-2H3. The first-order chi connectivity index (χ1) is 10.1. The van der Waals surface area contributed by atoms with Gasteiger partial charge in [0.1, 0.15) is 23.1 Å². The van der Waals surface area contributed by atoms with Gasteiger partial charge in [-0.15, -0.1) is 0 Å². The van der Waals surface area contributed by atoms with E-state index in [2.05, 4.69) is 4.98 Å². The Balaban J connectivity index is 2.26. The first kappa shape index (κ1) is 13.3. The van der Waals surface area contributed by atoms with Crippen molar-refractivity contribution in [2.24, 2.45) is 0 Å². The molecule has 0 aliphatic rings. The third-order valence-electron chi connectivity index (χ3n) is 3.49. The molecule has 2 N–H and O–H groups in total. The molecule has 3 rings (SSSR count). The second-order valence-corrected chi connectivity index (χ2v) is 4.74. The first-order valence-corrected chi connectivity index (χ1v) is 6.70. The van der Waals surface area contributed by atoms with Gasteiger partial charge in [-0.25, -0.2) is 4.98 Å². The topological polar surface area (TPSA) is 67.5 Å². The lowest BCUT2D eigenvalue weighted by Crippen LogP contribution is -1.97. The summed E-state index contributed by atoms with van der Waals surface area (Å²) in [6.07, 6.45) is 0. The Morgan fingerprint density at radius 3 is 2.62 bits per heavy atom. The van der Waals surface area contributed by atoms with Gasteiger partial charge in [0, 0.05) is 18.7 Å². The fraction of sp³-hybridized carbons (Fsp3) is 0.188. The van der Waals surface area contributed by atoms with Gasteiger partial charge in [-0.1, -0.05) is 0 Å². The number of benzene rings is 2. The molecule has 0 amide bonds. The molecule has 0 spiro atoms. The summed E-state index contributed by atoms with van der Waals surface area (Å²) in [6, 6.07) is 10.2. The van der Waals surface area contributed by atoms with E-state index in [0.29, 0.717) is 11.4 Å². The molecule has 0 aliphatic heterocycles. The quantitative estimate of drug-likeness (QED) is 0.775. The number of nitrogens with zero attached hydrogens (tertiary/aromatic N) is 2. The number of aryl methyl sites for hydroxylation is 1. The molecule has 0 fully saturated rings. The monoisotopic (exact) mass is 284 g/mol. The van der Waals surface area contributed by atoms with Crippen LogP contribution in [0.2, 0.25) is 0 Å². The number of aromatic hydroxyl groups is 2. The van der Waals surface area contributed by atoms with E-state index in [1.807, 2.05) is 29.7 Å². The molecular formula is C16H16N2O3. The number of methoxy groups -OCH3 is 1. The van der Waals surface area contributed by atoms with E-state index in [1.165, 1.54) is 12.1 Å². The maximum Gasteiger partial charge on any atom is 0.144 e. The highest BCUT2D eigenvalue weighted by Gasteiger charge is 2.15. The van der Waals surface area contributed by atoms with E-state index >= 15 is 0 Å². The second-order valence-electron chi connectivity index (χ2n) is 4.74. The molecule has 5 heteroatoms. The summed E-state index contributed by atoms with van der Waals surface area (Å²) < 4.78 is 7.23. The van der Waals surface area contributed by atoms with E-state index in [-0.39, 0.29) is 11.5 Å². The highest BCUT2D eigenvalue weighted by molar-refractivity contribution is 5.83. The van der Waals surface area contributed by atoms with E-state index in [1.54, 1.807) is 13.2 Å². The van der Waals surface area contributed by atoms with E-state index < -0.39 is 0 Å². The number of ether oxygens (including phenoxy) is 1. The van der Waals surface area contributed by atoms with Gasteiger partial charge in [0.2, 0.25) is 0 Å². The Labute approximate surface area is 122 Å². The van der Waals surface area contributed by atoms with Gasteiger partial charge < -0.3 is 19.5 Å². The fourth-order valence-corrected chi connectivity index (χ4v) is 2.47. The first-order valence-electron chi connectivity index (χ1n) is 6.70.